The highest BCUT2D eigenvalue weighted by molar-refractivity contribution is 5.78. The van der Waals surface area contributed by atoms with Crippen LogP contribution in [-0.4, -0.2) is 5.78 Å². The van der Waals surface area contributed by atoms with Crippen molar-refractivity contribution in [3.63, 3.8) is 0 Å². The van der Waals surface area contributed by atoms with Crippen LogP contribution in [0.15, 0.2) is 0 Å². The van der Waals surface area contributed by atoms with Crippen LogP contribution in [0.1, 0.15) is 84.5 Å². The maximum Gasteiger partial charge on any atom is 0.133 e. The van der Waals surface area contributed by atoms with Crippen molar-refractivity contribution in [2.75, 3.05) is 0 Å². The molecule has 0 amide bonds. The van der Waals surface area contributed by atoms with Crippen LogP contribution in [0.4, 0.5) is 0 Å². The average molecular weight is 238 g/mol. The molecule has 100 valence electrons. The first-order valence-corrected chi connectivity index (χ1v) is 7.76. The fourth-order valence-electron chi connectivity index (χ4n) is 3.29. The molecule has 0 bridgehead atoms. The predicted molar refractivity (Wildman–Crippen MR) is 74.1 cm³/mol. The Morgan fingerprint density at radius 1 is 0.882 bits per heavy atom. The van der Waals surface area contributed by atoms with Crippen LogP contribution in [0, 0.1) is 11.8 Å². The second-order valence-corrected chi connectivity index (χ2v) is 5.79. The quantitative estimate of drug-likeness (QED) is 0.651. The topological polar surface area (TPSA) is 17.1 Å². The Morgan fingerprint density at radius 2 is 1.35 bits per heavy atom. The van der Waals surface area contributed by atoms with Gasteiger partial charge in [-0.05, 0) is 25.7 Å². The molecule has 0 spiro atoms. The minimum Gasteiger partial charge on any atom is -0.300 e. The SMILES string of the molecule is CC[C@@H]1CCCCCCCCCC[C@@H]1C(C)=O. The lowest BCUT2D eigenvalue weighted by atomic mass is 9.80. The molecule has 1 heteroatoms. The number of hydrogen-bond donors (Lipinski definition) is 0. The van der Waals surface area contributed by atoms with Crippen LogP contribution in [0.2, 0.25) is 0 Å². The van der Waals surface area contributed by atoms with Crippen LogP contribution < -0.4 is 0 Å². The van der Waals surface area contributed by atoms with Gasteiger partial charge in [-0.2, -0.15) is 0 Å². The fraction of sp³-hybridized carbons (Fsp3) is 0.938. The second kappa shape index (κ2) is 8.72. The maximum absolute atomic E-state index is 11.8. The van der Waals surface area contributed by atoms with Crippen molar-refractivity contribution < 1.29 is 4.79 Å². The Labute approximate surface area is 107 Å². The number of carbonyl (C=O) groups excluding carboxylic acids is 1. The van der Waals surface area contributed by atoms with E-state index in [0.29, 0.717) is 17.6 Å². The lowest BCUT2D eigenvalue weighted by molar-refractivity contribution is -0.122. The molecule has 1 rings (SSSR count). The van der Waals surface area contributed by atoms with Crippen molar-refractivity contribution in [2.24, 2.45) is 11.8 Å². The molecular weight excluding hydrogens is 208 g/mol. The second-order valence-electron chi connectivity index (χ2n) is 5.79. The molecular formula is C16H30O. The van der Waals surface area contributed by atoms with E-state index in [1.807, 2.05) is 0 Å². The van der Waals surface area contributed by atoms with Gasteiger partial charge in [-0.1, -0.05) is 64.7 Å². The summed E-state index contributed by atoms with van der Waals surface area (Å²) < 4.78 is 0. The largest absolute Gasteiger partial charge is 0.300 e. The number of rotatable bonds is 2. The monoisotopic (exact) mass is 238 g/mol. The molecule has 1 fully saturated rings. The molecule has 2 atom stereocenters. The van der Waals surface area contributed by atoms with E-state index in [4.69, 9.17) is 0 Å². The summed E-state index contributed by atoms with van der Waals surface area (Å²) in [6.07, 6.45) is 14.5. The molecule has 1 saturated carbocycles. The Balaban J connectivity index is 2.51. The summed E-state index contributed by atoms with van der Waals surface area (Å²) >= 11 is 0. The normalized spacial score (nSPS) is 29.1. The molecule has 1 aliphatic carbocycles. The summed E-state index contributed by atoms with van der Waals surface area (Å²) in [4.78, 5) is 11.8. The number of ketones is 1. The smallest absolute Gasteiger partial charge is 0.133 e. The van der Waals surface area contributed by atoms with Gasteiger partial charge >= 0.3 is 0 Å². The van der Waals surface area contributed by atoms with Gasteiger partial charge in [0, 0.05) is 5.92 Å². The van der Waals surface area contributed by atoms with E-state index < -0.39 is 0 Å². The number of carbonyl (C=O) groups is 1. The first-order chi connectivity index (χ1) is 8.25. The summed E-state index contributed by atoms with van der Waals surface area (Å²) in [6.45, 7) is 4.06. The summed E-state index contributed by atoms with van der Waals surface area (Å²) in [7, 11) is 0. The number of hydrogen-bond acceptors (Lipinski definition) is 1. The van der Waals surface area contributed by atoms with Gasteiger partial charge in [0.15, 0.2) is 0 Å². The summed E-state index contributed by atoms with van der Waals surface area (Å²) in [5.41, 5.74) is 0. The molecule has 0 N–H and O–H groups in total. The first kappa shape index (κ1) is 14.7. The highest BCUT2D eigenvalue weighted by atomic mass is 16.1. The zero-order valence-electron chi connectivity index (χ0n) is 11.8. The highest BCUT2D eigenvalue weighted by Gasteiger charge is 2.23. The molecule has 0 aliphatic heterocycles. The first-order valence-electron chi connectivity index (χ1n) is 7.76. The molecule has 0 heterocycles. The Hall–Kier alpha value is -0.330. The zero-order valence-corrected chi connectivity index (χ0v) is 11.8. The van der Waals surface area contributed by atoms with Crippen LogP contribution in [0.25, 0.3) is 0 Å². The zero-order chi connectivity index (χ0) is 12.5. The van der Waals surface area contributed by atoms with Gasteiger partial charge in [-0.25, -0.2) is 0 Å². The molecule has 1 aliphatic rings. The van der Waals surface area contributed by atoms with Crippen molar-refractivity contribution in [3.05, 3.63) is 0 Å². The van der Waals surface area contributed by atoms with Crippen molar-refractivity contribution >= 4 is 5.78 Å². The Morgan fingerprint density at radius 3 is 1.82 bits per heavy atom. The highest BCUT2D eigenvalue weighted by Crippen LogP contribution is 2.29. The van der Waals surface area contributed by atoms with Gasteiger partial charge in [0.2, 0.25) is 0 Å². The van der Waals surface area contributed by atoms with Gasteiger partial charge < -0.3 is 0 Å². The van der Waals surface area contributed by atoms with E-state index in [0.717, 1.165) is 6.42 Å². The van der Waals surface area contributed by atoms with E-state index in [-0.39, 0.29) is 0 Å². The average Bonchev–Trinajstić information content (AvgIpc) is 2.29. The van der Waals surface area contributed by atoms with Crippen molar-refractivity contribution in [3.8, 4) is 0 Å². The minimum absolute atomic E-state index is 0.361. The predicted octanol–water partition coefficient (Wildman–Crippen LogP) is 5.13. The van der Waals surface area contributed by atoms with E-state index in [1.54, 1.807) is 6.92 Å². The molecule has 0 aromatic rings. The maximum atomic E-state index is 11.8. The molecule has 1 nitrogen and oxygen atoms in total. The molecule has 0 aromatic carbocycles. The summed E-state index contributed by atoms with van der Waals surface area (Å²) in [5.74, 6) is 1.46. The van der Waals surface area contributed by atoms with E-state index in [1.165, 1.54) is 64.2 Å². The Bertz CT molecular complexity index is 210. The van der Waals surface area contributed by atoms with Crippen LogP contribution in [0.3, 0.4) is 0 Å². The van der Waals surface area contributed by atoms with Gasteiger partial charge in [-0.3, -0.25) is 4.79 Å². The third-order valence-electron chi connectivity index (χ3n) is 4.46. The van der Waals surface area contributed by atoms with Crippen LogP contribution in [-0.2, 0) is 4.79 Å². The summed E-state index contributed by atoms with van der Waals surface area (Å²) in [6, 6.07) is 0. The number of Topliss-reactive ketones (excluding diaryl/α,β-unsaturated/α-hetero) is 1. The molecule has 0 aromatic heterocycles. The third kappa shape index (κ3) is 5.70. The molecule has 17 heavy (non-hydrogen) atoms. The molecule has 0 unspecified atom stereocenters. The fourth-order valence-corrected chi connectivity index (χ4v) is 3.29. The lowest BCUT2D eigenvalue weighted by Crippen LogP contribution is -2.21. The molecule has 0 saturated heterocycles. The van der Waals surface area contributed by atoms with E-state index in [9.17, 15) is 4.79 Å². The third-order valence-corrected chi connectivity index (χ3v) is 4.46. The van der Waals surface area contributed by atoms with E-state index in [2.05, 4.69) is 6.92 Å². The molecule has 0 radical (unpaired) electrons. The van der Waals surface area contributed by atoms with E-state index >= 15 is 0 Å². The van der Waals surface area contributed by atoms with Crippen molar-refractivity contribution in [2.45, 2.75) is 84.5 Å². The van der Waals surface area contributed by atoms with Crippen LogP contribution >= 0.6 is 0 Å². The van der Waals surface area contributed by atoms with Crippen LogP contribution in [0.5, 0.6) is 0 Å². The van der Waals surface area contributed by atoms with Gasteiger partial charge in [0.25, 0.3) is 0 Å². The standard InChI is InChI=1S/C16H30O/c1-3-15-12-10-8-6-4-5-7-9-11-13-16(15)14(2)17/h15-16H,3-13H2,1-2H3/t15-,16-/m1/s1. The summed E-state index contributed by atoms with van der Waals surface area (Å²) in [5, 5.41) is 0. The van der Waals surface area contributed by atoms with Crippen molar-refractivity contribution in [1.82, 2.24) is 0 Å². The lowest BCUT2D eigenvalue weighted by Gasteiger charge is -2.24. The van der Waals surface area contributed by atoms with Crippen molar-refractivity contribution in [1.29, 1.82) is 0 Å². The van der Waals surface area contributed by atoms with Gasteiger partial charge in [0.1, 0.15) is 5.78 Å². The van der Waals surface area contributed by atoms with Gasteiger partial charge in [0.05, 0.1) is 0 Å². The van der Waals surface area contributed by atoms with Gasteiger partial charge in [-0.15, -0.1) is 0 Å². The minimum atomic E-state index is 0.361. The Kier molecular flexibility index (Phi) is 7.55.